The van der Waals surface area contributed by atoms with Gasteiger partial charge in [0.2, 0.25) is 0 Å². The van der Waals surface area contributed by atoms with E-state index >= 15 is 0 Å². The van der Waals surface area contributed by atoms with Crippen LogP contribution in [-0.2, 0) is 23.8 Å². The zero-order chi connectivity index (χ0) is 19.4. The predicted octanol–water partition coefficient (Wildman–Crippen LogP) is 1.38. The molecule has 1 amide bonds. The maximum absolute atomic E-state index is 12.5. The molecule has 1 aromatic rings. The topological polar surface area (TPSA) is 102 Å². The average molecular weight is 363 g/mol. The van der Waals surface area contributed by atoms with Gasteiger partial charge >= 0.3 is 5.97 Å². The summed E-state index contributed by atoms with van der Waals surface area (Å²) in [7, 11) is 4.12. The number of ether oxygens (including phenoxy) is 3. The minimum Gasteiger partial charge on any atom is -0.503 e. The normalized spacial score (nSPS) is 17.2. The molecule has 1 heterocycles. The summed E-state index contributed by atoms with van der Waals surface area (Å²) in [4.78, 5) is 37.4. The molecule has 1 atom stereocenters. The Morgan fingerprint density at radius 1 is 1.15 bits per heavy atom. The number of aliphatic hydroxyl groups excluding tert-OH is 1. The van der Waals surface area contributed by atoms with Crippen molar-refractivity contribution in [3.63, 3.8) is 0 Å². The number of esters is 1. The second kappa shape index (κ2) is 8.11. The van der Waals surface area contributed by atoms with Crippen LogP contribution in [0.4, 0.5) is 0 Å². The third-order valence-electron chi connectivity index (χ3n) is 4.20. The van der Waals surface area contributed by atoms with Gasteiger partial charge in [0.25, 0.3) is 5.91 Å². The summed E-state index contributed by atoms with van der Waals surface area (Å²) < 4.78 is 14.9. The lowest BCUT2D eigenvalue weighted by Crippen LogP contribution is -2.38. The third kappa shape index (κ3) is 3.61. The first-order valence-electron chi connectivity index (χ1n) is 7.84. The summed E-state index contributed by atoms with van der Waals surface area (Å²) in [6.45, 7) is 1.29. The zero-order valence-corrected chi connectivity index (χ0v) is 15.0. The Bertz CT molecular complexity index is 734. The van der Waals surface area contributed by atoms with Crippen LogP contribution >= 0.6 is 0 Å². The number of benzene rings is 1. The smallest absolute Gasteiger partial charge is 0.337 e. The van der Waals surface area contributed by atoms with E-state index in [-0.39, 0.29) is 12.1 Å². The van der Waals surface area contributed by atoms with E-state index in [4.69, 9.17) is 9.47 Å². The lowest BCUT2D eigenvalue weighted by molar-refractivity contribution is -0.144. The fourth-order valence-electron chi connectivity index (χ4n) is 2.87. The second-order valence-electron chi connectivity index (χ2n) is 5.69. The number of Topliss-reactive ketones (excluding diaryl/α,β-unsaturated/α-hetero) is 1. The fourth-order valence-corrected chi connectivity index (χ4v) is 2.87. The Balaban J connectivity index is 2.45. The van der Waals surface area contributed by atoms with Crippen LogP contribution in [0.3, 0.4) is 0 Å². The number of ketones is 1. The van der Waals surface area contributed by atoms with Gasteiger partial charge in [-0.05, 0) is 24.6 Å². The van der Waals surface area contributed by atoms with Crippen molar-refractivity contribution in [1.29, 1.82) is 0 Å². The van der Waals surface area contributed by atoms with Crippen LogP contribution < -0.4 is 0 Å². The number of amides is 1. The highest BCUT2D eigenvalue weighted by Gasteiger charge is 2.43. The molecule has 1 aliphatic heterocycles. The van der Waals surface area contributed by atoms with Crippen molar-refractivity contribution >= 4 is 17.7 Å². The SMILES string of the molecule is COC(=O)c1ccc([C@H]2C(C(C)=O)=C(O)C(=O)N2CC(OC)OC)cc1. The molecule has 0 saturated carbocycles. The largest absolute Gasteiger partial charge is 0.503 e. The summed E-state index contributed by atoms with van der Waals surface area (Å²) in [5, 5.41) is 10.2. The summed E-state index contributed by atoms with van der Waals surface area (Å²) in [5.74, 6) is -2.20. The minimum atomic E-state index is -0.806. The summed E-state index contributed by atoms with van der Waals surface area (Å²) in [6, 6.07) is 5.46. The molecular weight excluding hydrogens is 342 g/mol. The number of rotatable bonds is 7. The molecule has 0 unspecified atom stereocenters. The first kappa shape index (κ1) is 19.6. The minimum absolute atomic E-state index is 0.00762. The van der Waals surface area contributed by atoms with Gasteiger partial charge in [0.1, 0.15) is 0 Å². The molecule has 0 radical (unpaired) electrons. The van der Waals surface area contributed by atoms with E-state index in [1.54, 1.807) is 12.1 Å². The summed E-state index contributed by atoms with van der Waals surface area (Å²) >= 11 is 0. The Labute approximate surface area is 150 Å². The molecular formula is C18H21NO7. The van der Waals surface area contributed by atoms with Gasteiger partial charge < -0.3 is 24.2 Å². The molecule has 140 valence electrons. The van der Waals surface area contributed by atoms with Gasteiger partial charge in [-0.1, -0.05) is 12.1 Å². The number of hydrogen-bond acceptors (Lipinski definition) is 7. The highest BCUT2D eigenvalue weighted by Crippen LogP contribution is 2.37. The number of nitrogens with zero attached hydrogens (tertiary/aromatic N) is 1. The quantitative estimate of drug-likeness (QED) is 0.577. The van der Waals surface area contributed by atoms with Crippen molar-refractivity contribution in [3.05, 3.63) is 46.7 Å². The molecule has 0 spiro atoms. The molecule has 0 aromatic heterocycles. The number of carbonyl (C=O) groups is 3. The van der Waals surface area contributed by atoms with Gasteiger partial charge in [0.15, 0.2) is 17.8 Å². The maximum atomic E-state index is 12.5. The van der Waals surface area contributed by atoms with Crippen molar-refractivity contribution in [2.24, 2.45) is 0 Å². The van der Waals surface area contributed by atoms with Crippen molar-refractivity contribution in [2.75, 3.05) is 27.9 Å². The standard InChI is InChI=1S/C18H21NO7/c1-10(20)14-15(11-5-7-12(8-6-11)18(23)26-4)19(17(22)16(14)21)9-13(24-2)25-3/h5-8,13,15,21H,9H2,1-4H3/t15-/m0/s1. The highest BCUT2D eigenvalue weighted by atomic mass is 16.7. The van der Waals surface area contributed by atoms with Gasteiger partial charge in [-0.15, -0.1) is 0 Å². The molecule has 0 fully saturated rings. The molecule has 0 bridgehead atoms. The van der Waals surface area contributed by atoms with E-state index in [1.807, 2.05) is 0 Å². The number of methoxy groups -OCH3 is 3. The molecule has 8 nitrogen and oxygen atoms in total. The summed E-state index contributed by atoms with van der Waals surface area (Å²) in [5.41, 5.74) is 0.884. The van der Waals surface area contributed by atoms with Gasteiger partial charge in [-0.3, -0.25) is 9.59 Å². The number of carbonyl (C=O) groups excluding carboxylic acids is 3. The second-order valence-corrected chi connectivity index (χ2v) is 5.69. The molecule has 1 N–H and O–H groups in total. The predicted molar refractivity (Wildman–Crippen MR) is 90.4 cm³/mol. The summed E-state index contributed by atoms with van der Waals surface area (Å²) in [6.07, 6.45) is -0.727. The van der Waals surface area contributed by atoms with E-state index in [1.165, 1.54) is 45.3 Å². The Kier molecular flexibility index (Phi) is 6.12. The highest BCUT2D eigenvalue weighted by molar-refractivity contribution is 6.08. The Hall–Kier alpha value is -2.71. The average Bonchev–Trinajstić information content (AvgIpc) is 2.90. The third-order valence-corrected chi connectivity index (χ3v) is 4.20. The first-order chi connectivity index (χ1) is 12.3. The van der Waals surface area contributed by atoms with Crippen LogP contribution in [0.25, 0.3) is 0 Å². The van der Waals surface area contributed by atoms with Crippen molar-refractivity contribution in [1.82, 2.24) is 4.90 Å². The van der Waals surface area contributed by atoms with Gasteiger partial charge in [-0.25, -0.2) is 4.79 Å². The van der Waals surface area contributed by atoms with E-state index in [0.29, 0.717) is 11.1 Å². The number of hydrogen-bond donors (Lipinski definition) is 1. The monoisotopic (exact) mass is 363 g/mol. The fraction of sp³-hybridized carbons (Fsp3) is 0.389. The van der Waals surface area contributed by atoms with Crippen LogP contribution in [0, 0.1) is 0 Å². The van der Waals surface area contributed by atoms with Crippen LogP contribution in [-0.4, -0.2) is 61.8 Å². The number of aliphatic hydroxyl groups is 1. The van der Waals surface area contributed by atoms with Crippen LogP contribution in [0.2, 0.25) is 0 Å². The van der Waals surface area contributed by atoms with E-state index in [0.717, 1.165) is 0 Å². The van der Waals surface area contributed by atoms with Gasteiger partial charge in [-0.2, -0.15) is 0 Å². The maximum Gasteiger partial charge on any atom is 0.337 e. The van der Waals surface area contributed by atoms with Crippen LogP contribution in [0.1, 0.15) is 28.9 Å². The van der Waals surface area contributed by atoms with E-state index in [9.17, 15) is 19.5 Å². The first-order valence-corrected chi connectivity index (χ1v) is 7.84. The molecule has 26 heavy (non-hydrogen) atoms. The van der Waals surface area contributed by atoms with Crippen molar-refractivity contribution in [3.8, 4) is 0 Å². The Morgan fingerprint density at radius 2 is 1.73 bits per heavy atom. The molecule has 2 rings (SSSR count). The van der Waals surface area contributed by atoms with Gasteiger partial charge in [0, 0.05) is 14.2 Å². The molecule has 0 aliphatic carbocycles. The molecule has 8 heteroatoms. The lowest BCUT2D eigenvalue weighted by Gasteiger charge is -2.29. The molecule has 0 saturated heterocycles. The zero-order valence-electron chi connectivity index (χ0n) is 15.0. The molecule has 1 aromatic carbocycles. The van der Waals surface area contributed by atoms with E-state index < -0.39 is 35.8 Å². The van der Waals surface area contributed by atoms with Crippen LogP contribution in [0.15, 0.2) is 35.6 Å². The van der Waals surface area contributed by atoms with E-state index in [2.05, 4.69) is 4.74 Å². The van der Waals surface area contributed by atoms with Gasteiger partial charge in [0.05, 0.1) is 30.8 Å². The van der Waals surface area contributed by atoms with Crippen molar-refractivity contribution in [2.45, 2.75) is 19.3 Å². The van der Waals surface area contributed by atoms with Crippen molar-refractivity contribution < 1.29 is 33.7 Å². The lowest BCUT2D eigenvalue weighted by atomic mass is 9.96. The Morgan fingerprint density at radius 3 is 2.19 bits per heavy atom. The van der Waals surface area contributed by atoms with Crippen LogP contribution in [0.5, 0.6) is 0 Å². The molecule has 1 aliphatic rings.